The van der Waals surface area contributed by atoms with Crippen molar-refractivity contribution in [1.82, 2.24) is 0 Å². The molecule has 0 rings (SSSR count). The summed E-state index contributed by atoms with van der Waals surface area (Å²) in [7, 11) is -1.21. The Balaban J connectivity index is 4.75. The topological polar surface area (TPSA) is 0 Å². The first-order valence-corrected chi connectivity index (χ1v) is 7.34. The van der Waals surface area contributed by atoms with Crippen LogP contribution >= 0.6 is 0 Å². The summed E-state index contributed by atoms with van der Waals surface area (Å²) in [5.74, 6) is 0. The van der Waals surface area contributed by atoms with Gasteiger partial charge in [-0.2, -0.15) is 0 Å². The Morgan fingerprint density at radius 3 is 1.67 bits per heavy atom. The smallest absolute Gasteiger partial charge is 0.0951 e. The Morgan fingerprint density at radius 1 is 1.08 bits per heavy atom. The number of hydrogen-bond acceptors (Lipinski definition) is 0. The third kappa shape index (κ3) is 2.63. The summed E-state index contributed by atoms with van der Waals surface area (Å²) in [4.78, 5) is 0. The van der Waals surface area contributed by atoms with E-state index in [1.807, 2.05) is 0 Å². The first-order valence-electron chi connectivity index (χ1n) is 4.90. The fraction of sp³-hybridized carbons (Fsp3) is 0.636. The minimum Gasteiger partial charge on any atom is -0.0951 e. The van der Waals surface area contributed by atoms with Crippen molar-refractivity contribution in [3.05, 3.63) is 23.6 Å². The molecule has 0 aliphatic heterocycles. The molecule has 0 aliphatic carbocycles. The Bertz CT molecular complexity index is 154. The van der Waals surface area contributed by atoms with Gasteiger partial charge in [-0.15, -0.1) is 0 Å². The number of allylic oxidation sites excluding steroid dienone is 2. The molecule has 0 aliphatic rings. The van der Waals surface area contributed by atoms with Gasteiger partial charge in [0.15, 0.2) is 0 Å². The van der Waals surface area contributed by atoms with Crippen molar-refractivity contribution in [2.45, 2.75) is 46.2 Å². The van der Waals surface area contributed by atoms with Crippen LogP contribution in [-0.4, -0.2) is 8.07 Å². The van der Waals surface area contributed by atoms with E-state index in [1.54, 1.807) is 0 Å². The predicted octanol–water partition coefficient (Wildman–Crippen LogP) is 4.10. The molecular weight excluding hydrogens is 160 g/mol. The molecule has 0 aromatic heterocycles. The molecule has 0 N–H and O–H groups in total. The van der Waals surface area contributed by atoms with Gasteiger partial charge in [0.05, 0.1) is 0 Å². The van der Waals surface area contributed by atoms with Crippen LogP contribution in [0.25, 0.3) is 0 Å². The molecule has 0 radical (unpaired) electrons. The second-order valence-electron chi connectivity index (χ2n) is 3.62. The van der Waals surface area contributed by atoms with E-state index < -0.39 is 8.07 Å². The first kappa shape index (κ1) is 11.7. The normalized spacial score (nSPS) is 17.8. The zero-order valence-corrected chi connectivity index (χ0v) is 10.1. The van der Waals surface area contributed by atoms with E-state index in [4.69, 9.17) is 0 Å². The van der Waals surface area contributed by atoms with Crippen LogP contribution in [-0.2, 0) is 0 Å². The van der Waals surface area contributed by atoms with Gasteiger partial charge in [0.1, 0.15) is 8.07 Å². The van der Waals surface area contributed by atoms with Crippen LogP contribution in [0.15, 0.2) is 23.6 Å². The van der Waals surface area contributed by atoms with Gasteiger partial charge in [-0.1, -0.05) is 50.4 Å². The molecule has 0 amide bonds. The highest BCUT2D eigenvalue weighted by Crippen LogP contribution is 2.27. The molecule has 0 atom stereocenters. The third-order valence-electron chi connectivity index (χ3n) is 2.64. The van der Waals surface area contributed by atoms with E-state index in [1.165, 1.54) is 6.04 Å². The van der Waals surface area contributed by atoms with Crippen molar-refractivity contribution in [2.24, 2.45) is 0 Å². The van der Waals surface area contributed by atoms with Crippen molar-refractivity contribution in [3.63, 3.8) is 0 Å². The Hall–Kier alpha value is -0.303. The Kier molecular flexibility index (Phi) is 5.23. The summed E-state index contributed by atoms with van der Waals surface area (Å²) in [6.07, 6.45) is 4.44. The van der Waals surface area contributed by atoms with Crippen LogP contribution < -0.4 is 0 Å². The van der Waals surface area contributed by atoms with E-state index in [0.29, 0.717) is 0 Å². The van der Waals surface area contributed by atoms with Crippen molar-refractivity contribution >= 4 is 8.07 Å². The van der Waals surface area contributed by atoms with Crippen LogP contribution in [0, 0.1) is 0 Å². The van der Waals surface area contributed by atoms with Gasteiger partial charge in [-0.3, -0.25) is 0 Å². The van der Waals surface area contributed by atoms with Crippen LogP contribution in [0.1, 0.15) is 34.6 Å². The van der Waals surface area contributed by atoms with Crippen LogP contribution in [0.2, 0.25) is 11.6 Å². The number of rotatable bonds is 4. The molecule has 0 spiro atoms. The zero-order valence-electron chi connectivity index (χ0n) is 9.09. The molecule has 0 saturated heterocycles. The van der Waals surface area contributed by atoms with Gasteiger partial charge >= 0.3 is 0 Å². The molecule has 0 nitrogen and oxygen atoms in total. The molecule has 0 aromatic rings. The van der Waals surface area contributed by atoms with Gasteiger partial charge in [0.2, 0.25) is 0 Å². The molecule has 0 bridgehead atoms. The summed E-state index contributed by atoms with van der Waals surface area (Å²) in [5, 5.41) is 0. The van der Waals surface area contributed by atoms with Crippen LogP contribution in [0.5, 0.6) is 0 Å². The predicted molar refractivity (Wildman–Crippen MR) is 61.0 cm³/mol. The fourth-order valence-electron chi connectivity index (χ4n) is 1.71. The van der Waals surface area contributed by atoms with Crippen LogP contribution in [0.4, 0.5) is 0 Å². The molecule has 0 aromatic carbocycles. The summed E-state index contributed by atoms with van der Waals surface area (Å²) >= 11 is 0. The van der Waals surface area contributed by atoms with Crippen molar-refractivity contribution in [2.75, 3.05) is 0 Å². The molecule has 0 heterocycles. The van der Waals surface area contributed by atoms with E-state index in [2.05, 4.69) is 58.2 Å². The molecule has 70 valence electrons. The quantitative estimate of drug-likeness (QED) is 0.574. The summed E-state index contributed by atoms with van der Waals surface area (Å²) in [6.45, 7) is 11.3. The molecular formula is C11H22Si. The summed E-state index contributed by atoms with van der Waals surface area (Å²) in [6, 6.07) is 1.32. The maximum Gasteiger partial charge on any atom is 0.103 e. The summed E-state index contributed by atoms with van der Waals surface area (Å²) in [5.41, 5.74) is 5.73. The highest BCUT2D eigenvalue weighted by molar-refractivity contribution is 6.90. The van der Waals surface area contributed by atoms with Gasteiger partial charge in [0, 0.05) is 0 Å². The standard InChI is InChI=1S/C11H22Si/c1-6-9-12(8-3,10-7-2)11(4)5/h6-7,9-11H,8H2,1-5H3. The van der Waals surface area contributed by atoms with Gasteiger partial charge in [0.25, 0.3) is 0 Å². The average molecular weight is 182 g/mol. The molecule has 0 fully saturated rings. The first-order chi connectivity index (χ1) is 5.63. The Labute approximate surface area is 78.4 Å². The zero-order chi connectivity index (χ0) is 9.61. The van der Waals surface area contributed by atoms with E-state index >= 15 is 0 Å². The van der Waals surface area contributed by atoms with Crippen molar-refractivity contribution in [3.8, 4) is 0 Å². The number of hydrogen-bond donors (Lipinski definition) is 0. The molecule has 12 heavy (non-hydrogen) atoms. The van der Waals surface area contributed by atoms with Crippen LogP contribution in [0.3, 0.4) is 0 Å². The monoisotopic (exact) mass is 182 g/mol. The largest absolute Gasteiger partial charge is 0.103 e. The lowest BCUT2D eigenvalue weighted by atomic mass is 10.6. The molecule has 0 unspecified atom stereocenters. The highest BCUT2D eigenvalue weighted by Gasteiger charge is 2.27. The minimum atomic E-state index is -1.21. The van der Waals surface area contributed by atoms with E-state index in [0.717, 1.165) is 5.54 Å². The Morgan fingerprint density at radius 2 is 1.50 bits per heavy atom. The minimum absolute atomic E-state index is 0.815. The maximum absolute atomic E-state index is 2.46. The second-order valence-corrected chi connectivity index (χ2v) is 8.37. The molecule has 0 saturated carbocycles. The maximum atomic E-state index is 2.46. The van der Waals surface area contributed by atoms with E-state index in [9.17, 15) is 0 Å². The lowest BCUT2D eigenvalue weighted by molar-refractivity contribution is 1.01. The lowest BCUT2D eigenvalue weighted by Crippen LogP contribution is -2.32. The highest BCUT2D eigenvalue weighted by atomic mass is 28.3. The third-order valence-corrected chi connectivity index (χ3v) is 7.92. The lowest BCUT2D eigenvalue weighted by Gasteiger charge is -2.27. The van der Waals surface area contributed by atoms with Gasteiger partial charge in [-0.05, 0) is 19.4 Å². The van der Waals surface area contributed by atoms with Gasteiger partial charge < -0.3 is 0 Å². The summed E-state index contributed by atoms with van der Waals surface area (Å²) < 4.78 is 0. The second kappa shape index (κ2) is 5.36. The molecule has 1 heteroatoms. The van der Waals surface area contributed by atoms with Crippen molar-refractivity contribution in [1.29, 1.82) is 0 Å². The van der Waals surface area contributed by atoms with E-state index in [-0.39, 0.29) is 0 Å². The SMILES string of the molecule is CC=C[Si](C=CC)(CC)C(C)C. The van der Waals surface area contributed by atoms with Gasteiger partial charge in [-0.25, -0.2) is 0 Å². The fourth-order valence-corrected chi connectivity index (χ4v) is 5.12. The average Bonchev–Trinajstić information content (AvgIpc) is 2.03. The van der Waals surface area contributed by atoms with Crippen molar-refractivity contribution < 1.29 is 0 Å².